The molecule has 2 aromatic carbocycles. The molecule has 5 rings (SSSR count). The number of nitrogens with zero attached hydrogens (tertiary/aromatic N) is 6. The maximum atomic E-state index is 9.56. The van der Waals surface area contributed by atoms with Crippen molar-refractivity contribution in [1.29, 1.82) is 10.5 Å². The Morgan fingerprint density at radius 2 is 1.67 bits per heavy atom. The van der Waals surface area contributed by atoms with Crippen LogP contribution >= 0.6 is 0 Å². The highest BCUT2D eigenvalue weighted by molar-refractivity contribution is 5.82. The number of anilines is 3. The molecule has 0 aliphatic carbocycles. The molecule has 0 N–H and O–H groups in total. The number of nitriles is 2. The van der Waals surface area contributed by atoms with E-state index in [0.717, 1.165) is 18.0 Å². The van der Waals surface area contributed by atoms with Crippen LogP contribution in [0.4, 0.5) is 17.1 Å². The lowest BCUT2D eigenvalue weighted by Gasteiger charge is -2.20. The normalized spacial score (nSPS) is 12.1. The average Bonchev–Trinajstić information content (AvgIpc) is 3.21. The molecular weight excluding hydrogens is 412 g/mol. The van der Waals surface area contributed by atoms with Crippen LogP contribution in [0.25, 0.3) is 11.4 Å². The van der Waals surface area contributed by atoms with E-state index in [4.69, 9.17) is 10.00 Å². The average molecular weight is 430 g/mol. The Kier molecular flexibility index (Phi) is 5.06. The molecule has 7 nitrogen and oxygen atoms in total. The van der Waals surface area contributed by atoms with Crippen molar-refractivity contribution < 1.29 is 4.74 Å². The second-order valence-electron chi connectivity index (χ2n) is 7.58. The molecule has 158 valence electrons. The molecule has 33 heavy (non-hydrogen) atoms. The van der Waals surface area contributed by atoms with Crippen molar-refractivity contribution in [3.05, 3.63) is 90.3 Å². The van der Waals surface area contributed by atoms with Crippen LogP contribution in [-0.2, 0) is 0 Å². The van der Waals surface area contributed by atoms with Gasteiger partial charge in [-0.1, -0.05) is 18.2 Å². The van der Waals surface area contributed by atoms with Crippen molar-refractivity contribution in [1.82, 2.24) is 9.97 Å². The predicted octanol–water partition coefficient (Wildman–Crippen LogP) is 5.22. The summed E-state index contributed by atoms with van der Waals surface area (Å²) in [6.07, 6.45) is 2.96. The van der Waals surface area contributed by atoms with Crippen LogP contribution in [-0.4, -0.2) is 23.7 Å². The zero-order valence-electron chi connectivity index (χ0n) is 17.8. The van der Waals surface area contributed by atoms with Gasteiger partial charge in [0.05, 0.1) is 35.0 Å². The standard InChI is InChI=1S/C26H18N6O/c1-31-17-32(25-8-3-2-7-24(25)31)20-5-4-6-21(11-20)33-26-12-23(30-16-19(26)14-28)22-10-9-18(13-27)15-29-22/h2-12,15-16H,17H2,1H3. The Morgan fingerprint density at radius 1 is 0.848 bits per heavy atom. The Labute approximate surface area is 191 Å². The van der Waals surface area contributed by atoms with E-state index >= 15 is 0 Å². The first-order valence-electron chi connectivity index (χ1n) is 10.3. The van der Waals surface area contributed by atoms with Gasteiger partial charge in [-0.15, -0.1) is 0 Å². The molecular formula is C26H18N6O. The first-order valence-corrected chi connectivity index (χ1v) is 10.3. The number of hydrogen-bond acceptors (Lipinski definition) is 7. The van der Waals surface area contributed by atoms with Gasteiger partial charge in [-0.25, -0.2) is 0 Å². The second kappa shape index (κ2) is 8.33. The van der Waals surface area contributed by atoms with Gasteiger partial charge in [0, 0.05) is 37.3 Å². The minimum atomic E-state index is 0.323. The smallest absolute Gasteiger partial charge is 0.148 e. The highest BCUT2D eigenvalue weighted by atomic mass is 16.5. The van der Waals surface area contributed by atoms with Crippen LogP contribution in [0, 0.1) is 22.7 Å². The van der Waals surface area contributed by atoms with Crippen molar-refractivity contribution in [2.45, 2.75) is 0 Å². The third kappa shape index (κ3) is 3.80. The fraction of sp³-hybridized carbons (Fsp3) is 0.0769. The molecule has 0 spiro atoms. The van der Waals surface area contributed by atoms with Gasteiger partial charge in [0.1, 0.15) is 29.2 Å². The second-order valence-corrected chi connectivity index (χ2v) is 7.58. The van der Waals surface area contributed by atoms with Gasteiger partial charge in [0.25, 0.3) is 0 Å². The van der Waals surface area contributed by atoms with Crippen LogP contribution in [0.1, 0.15) is 11.1 Å². The number of rotatable bonds is 4. The third-order valence-corrected chi connectivity index (χ3v) is 5.44. The molecule has 7 heteroatoms. The van der Waals surface area contributed by atoms with E-state index in [2.05, 4.69) is 45.0 Å². The largest absolute Gasteiger partial charge is 0.456 e. The SMILES string of the molecule is CN1CN(c2cccc(Oc3cc(-c4ccc(C#N)cn4)ncc3C#N)c2)c2ccccc21. The van der Waals surface area contributed by atoms with Crippen molar-refractivity contribution >= 4 is 17.1 Å². The van der Waals surface area contributed by atoms with Gasteiger partial charge in [-0.2, -0.15) is 10.5 Å². The summed E-state index contributed by atoms with van der Waals surface area (Å²) in [7, 11) is 2.06. The topological polar surface area (TPSA) is 89.1 Å². The highest BCUT2D eigenvalue weighted by Gasteiger charge is 2.24. The summed E-state index contributed by atoms with van der Waals surface area (Å²) in [5.74, 6) is 1.01. The first-order chi connectivity index (χ1) is 16.2. The molecule has 0 atom stereocenters. The van der Waals surface area contributed by atoms with E-state index in [-0.39, 0.29) is 0 Å². The van der Waals surface area contributed by atoms with Crippen molar-refractivity contribution in [3.8, 4) is 35.0 Å². The summed E-state index contributed by atoms with van der Waals surface area (Å²) in [5, 5.41) is 18.5. The van der Waals surface area contributed by atoms with Gasteiger partial charge in [0.15, 0.2) is 0 Å². The maximum Gasteiger partial charge on any atom is 0.148 e. The highest BCUT2D eigenvalue weighted by Crippen LogP contribution is 2.40. The van der Waals surface area contributed by atoms with Gasteiger partial charge >= 0.3 is 0 Å². The molecule has 0 fully saturated rings. The first kappa shape index (κ1) is 20.0. The van der Waals surface area contributed by atoms with Gasteiger partial charge in [-0.3, -0.25) is 9.97 Å². The quantitative estimate of drug-likeness (QED) is 0.438. The fourth-order valence-corrected chi connectivity index (χ4v) is 3.80. The molecule has 4 aromatic rings. The van der Waals surface area contributed by atoms with Crippen molar-refractivity contribution in [2.24, 2.45) is 0 Å². The van der Waals surface area contributed by atoms with Gasteiger partial charge in [-0.05, 0) is 36.4 Å². The summed E-state index contributed by atoms with van der Waals surface area (Å²) in [6, 6.07) is 25.3. The predicted molar refractivity (Wildman–Crippen MR) is 125 cm³/mol. The lowest BCUT2D eigenvalue weighted by Crippen LogP contribution is -2.23. The number of hydrogen-bond donors (Lipinski definition) is 0. The van der Waals surface area contributed by atoms with Crippen LogP contribution in [0.2, 0.25) is 0 Å². The van der Waals surface area contributed by atoms with Crippen LogP contribution in [0.5, 0.6) is 11.5 Å². The van der Waals surface area contributed by atoms with Gasteiger partial charge in [0.2, 0.25) is 0 Å². The summed E-state index contributed by atoms with van der Waals surface area (Å²) >= 11 is 0. The molecule has 1 aliphatic heterocycles. The molecule has 0 saturated carbocycles. The number of pyridine rings is 2. The monoisotopic (exact) mass is 430 g/mol. The molecule has 3 heterocycles. The summed E-state index contributed by atoms with van der Waals surface area (Å²) in [4.78, 5) is 13.0. The van der Waals surface area contributed by atoms with Crippen LogP contribution < -0.4 is 14.5 Å². The van der Waals surface area contributed by atoms with E-state index in [1.54, 1.807) is 18.2 Å². The Hall–Kier alpha value is -4.88. The molecule has 0 bridgehead atoms. The van der Waals surface area contributed by atoms with Crippen molar-refractivity contribution in [3.63, 3.8) is 0 Å². The van der Waals surface area contributed by atoms with E-state index in [0.29, 0.717) is 34.0 Å². The minimum Gasteiger partial charge on any atom is -0.456 e. The molecule has 0 radical (unpaired) electrons. The maximum absolute atomic E-state index is 9.56. The minimum absolute atomic E-state index is 0.323. The zero-order valence-corrected chi connectivity index (χ0v) is 17.8. The lowest BCUT2D eigenvalue weighted by molar-refractivity contribution is 0.480. The Morgan fingerprint density at radius 3 is 2.42 bits per heavy atom. The fourth-order valence-electron chi connectivity index (χ4n) is 3.80. The lowest BCUT2D eigenvalue weighted by atomic mass is 10.2. The summed E-state index contributed by atoms with van der Waals surface area (Å²) in [5.41, 5.74) is 5.23. The molecule has 0 amide bonds. The van der Waals surface area contributed by atoms with Crippen LogP contribution in [0.3, 0.4) is 0 Å². The Balaban J connectivity index is 1.46. The number of fused-ring (bicyclic) bond motifs is 1. The molecule has 2 aromatic heterocycles. The molecule has 1 aliphatic rings. The summed E-state index contributed by atoms with van der Waals surface area (Å²) in [6.45, 7) is 0.732. The number of benzene rings is 2. The molecule has 0 saturated heterocycles. The number of para-hydroxylation sites is 2. The zero-order chi connectivity index (χ0) is 22.8. The van der Waals surface area contributed by atoms with Gasteiger partial charge < -0.3 is 14.5 Å². The molecule has 0 unspecified atom stereocenters. The van der Waals surface area contributed by atoms with Crippen molar-refractivity contribution in [2.75, 3.05) is 23.5 Å². The van der Waals surface area contributed by atoms with E-state index in [1.807, 2.05) is 42.5 Å². The number of aromatic nitrogens is 2. The van der Waals surface area contributed by atoms with E-state index in [9.17, 15) is 5.26 Å². The van der Waals surface area contributed by atoms with E-state index < -0.39 is 0 Å². The van der Waals surface area contributed by atoms with Crippen LogP contribution in [0.15, 0.2) is 79.1 Å². The third-order valence-electron chi connectivity index (χ3n) is 5.44. The summed E-state index contributed by atoms with van der Waals surface area (Å²) < 4.78 is 6.14. The Bertz CT molecular complexity index is 1420. The van der Waals surface area contributed by atoms with E-state index in [1.165, 1.54) is 18.1 Å². The number of ether oxygens (including phenoxy) is 1.